The number of benzene rings is 1. The molecule has 6 nitrogen and oxygen atoms in total. The minimum absolute atomic E-state index is 0.0721. The van der Waals surface area contributed by atoms with Crippen molar-refractivity contribution in [2.45, 2.75) is 25.0 Å². The molecule has 0 bridgehead atoms. The molecule has 4 rings (SSSR count). The Balaban J connectivity index is 1.42. The number of anilines is 1. The van der Waals surface area contributed by atoms with E-state index in [1.807, 2.05) is 6.20 Å². The summed E-state index contributed by atoms with van der Waals surface area (Å²) in [6, 6.07) is 6.08. The van der Waals surface area contributed by atoms with Crippen LogP contribution in [-0.2, 0) is 16.1 Å². The van der Waals surface area contributed by atoms with Gasteiger partial charge < -0.3 is 14.6 Å². The first-order valence-corrected chi connectivity index (χ1v) is 8.53. The highest BCUT2D eigenvalue weighted by atomic mass is 19.1. The number of amides is 1. The van der Waals surface area contributed by atoms with E-state index in [9.17, 15) is 9.18 Å². The fourth-order valence-corrected chi connectivity index (χ4v) is 3.60. The van der Waals surface area contributed by atoms with Crippen LogP contribution < -0.4 is 4.90 Å². The van der Waals surface area contributed by atoms with Crippen molar-refractivity contribution in [3.8, 4) is 0 Å². The first kappa shape index (κ1) is 16.2. The van der Waals surface area contributed by atoms with Crippen molar-refractivity contribution < 1.29 is 13.9 Å². The molecule has 1 aromatic carbocycles. The van der Waals surface area contributed by atoms with Gasteiger partial charge in [-0.2, -0.15) is 0 Å². The van der Waals surface area contributed by atoms with Crippen LogP contribution in [0.1, 0.15) is 18.5 Å². The predicted molar refractivity (Wildman–Crippen MR) is 90.5 cm³/mol. The predicted octanol–water partition coefficient (Wildman–Crippen LogP) is 1.95. The number of hydrogen-bond acceptors (Lipinski definition) is 4. The van der Waals surface area contributed by atoms with Crippen molar-refractivity contribution in [2.24, 2.45) is 0 Å². The first-order chi connectivity index (χ1) is 12.1. The fraction of sp³-hybridized carbons (Fsp3) is 0.444. The smallest absolute Gasteiger partial charge is 0.253 e. The molecule has 1 amide bonds. The number of H-pyrrole nitrogens is 1. The zero-order valence-electron chi connectivity index (χ0n) is 13.9. The van der Waals surface area contributed by atoms with Gasteiger partial charge >= 0.3 is 0 Å². The fourth-order valence-electron chi connectivity index (χ4n) is 3.60. The molecule has 0 radical (unpaired) electrons. The van der Waals surface area contributed by atoms with Crippen molar-refractivity contribution >= 4 is 11.6 Å². The zero-order chi connectivity index (χ0) is 17.3. The maximum Gasteiger partial charge on any atom is 0.253 e. The van der Waals surface area contributed by atoms with Crippen LogP contribution in [0, 0.1) is 5.82 Å². The number of likely N-dealkylation sites (tertiary alicyclic amines) is 1. The lowest BCUT2D eigenvalue weighted by Gasteiger charge is -2.47. The molecule has 132 valence electrons. The Morgan fingerprint density at radius 1 is 1.24 bits per heavy atom. The Morgan fingerprint density at radius 2 is 2.00 bits per heavy atom. The standard InChI is InChI=1S/C18H21FN4O2/c19-14-1-3-16(4-2-14)23-12-18(25-11-17(23)24)5-7-22(8-6-18)10-15-9-20-13-21-15/h1-4,9,13H,5-8,10-12H2,(H,20,21). The number of rotatable bonds is 3. The molecule has 0 atom stereocenters. The molecule has 1 aromatic heterocycles. The van der Waals surface area contributed by atoms with E-state index in [0.29, 0.717) is 6.54 Å². The van der Waals surface area contributed by atoms with Gasteiger partial charge in [0, 0.05) is 37.2 Å². The van der Waals surface area contributed by atoms with E-state index < -0.39 is 0 Å². The minimum Gasteiger partial charge on any atom is -0.363 e. The van der Waals surface area contributed by atoms with Gasteiger partial charge in [0.2, 0.25) is 0 Å². The van der Waals surface area contributed by atoms with Gasteiger partial charge in [0.15, 0.2) is 0 Å². The molecular weight excluding hydrogens is 323 g/mol. The number of halogens is 1. The van der Waals surface area contributed by atoms with E-state index >= 15 is 0 Å². The van der Waals surface area contributed by atoms with E-state index in [0.717, 1.165) is 43.9 Å². The van der Waals surface area contributed by atoms with Gasteiger partial charge in [-0.05, 0) is 37.1 Å². The molecule has 2 aliphatic rings. The van der Waals surface area contributed by atoms with Crippen molar-refractivity contribution in [1.82, 2.24) is 14.9 Å². The van der Waals surface area contributed by atoms with Crippen molar-refractivity contribution in [2.75, 3.05) is 31.1 Å². The summed E-state index contributed by atoms with van der Waals surface area (Å²) < 4.78 is 19.1. The van der Waals surface area contributed by atoms with Crippen LogP contribution in [0.3, 0.4) is 0 Å². The summed E-state index contributed by atoms with van der Waals surface area (Å²) in [4.78, 5) is 23.5. The Bertz CT molecular complexity index is 724. The molecule has 25 heavy (non-hydrogen) atoms. The largest absolute Gasteiger partial charge is 0.363 e. The van der Waals surface area contributed by atoms with E-state index in [-0.39, 0.29) is 23.9 Å². The molecule has 1 spiro atoms. The van der Waals surface area contributed by atoms with Crippen LogP contribution in [-0.4, -0.2) is 52.6 Å². The Kier molecular flexibility index (Phi) is 4.27. The van der Waals surface area contributed by atoms with Crippen LogP contribution in [0.2, 0.25) is 0 Å². The summed E-state index contributed by atoms with van der Waals surface area (Å²) in [5.74, 6) is -0.372. The van der Waals surface area contributed by atoms with E-state index in [4.69, 9.17) is 4.74 Å². The number of hydrogen-bond donors (Lipinski definition) is 1. The number of ether oxygens (including phenoxy) is 1. The van der Waals surface area contributed by atoms with Crippen LogP contribution >= 0.6 is 0 Å². The van der Waals surface area contributed by atoms with E-state index in [2.05, 4.69) is 14.9 Å². The summed E-state index contributed by atoms with van der Waals surface area (Å²) >= 11 is 0. The van der Waals surface area contributed by atoms with Crippen molar-refractivity contribution in [1.29, 1.82) is 0 Å². The quantitative estimate of drug-likeness (QED) is 0.924. The second-order valence-corrected chi connectivity index (χ2v) is 6.78. The third-order valence-corrected chi connectivity index (χ3v) is 5.10. The molecule has 2 saturated heterocycles. The second-order valence-electron chi connectivity index (χ2n) is 6.78. The van der Waals surface area contributed by atoms with Gasteiger partial charge in [-0.3, -0.25) is 9.69 Å². The molecule has 3 heterocycles. The normalized spacial score (nSPS) is 21.0. The molecule has 2 fully saturated rings. The minimum atomic E-state index is -0.313. The molecule has 2 aromatic rings. The van der Waals surface area contributed by atoms with Crippen LogP contribution in [0.4, 0.5) is 10.1 Å². The Hall–Kier alpha value is -2.25. The number of morpholine rings is 1. The molecule has 0 unspecified atom stereocenters. The number of nitrogens with one attached hydrogen (secondary N) is 1. The average Bonchev–Trinajstić information content (AvgIpc) is 3.13. The number of nitrogens with zero attached hydrogens (tertiary/aromatic N) is 3. The number of carbonyl (C=O) groups excluding carboxylic acids is 1. The molecular formula is C18H21FN4O2. The second kappa shape index (κ2) is 6.57. The zero-order valence-corrected chi connectivity index (χ0v) is 13.9. The average molecular weight is 344 g/mol. The number of imidazole rings is 1. The lowest BCUT2D eigenvalue weighted by molar-refractivity contribution is -0.145. The number of piperidine rings is 1. The summed E-state index contributed by atoms with van der Waals surface area (Å²) in [5.41, 5.74) is 1.52. The van der Waals surface area contributed by atoms with Crippen molar-refractivity contribution in [3.63, 3.8) is 0 Å². The van der Waals surface area contributed by atoms with Crippen LogP contribution in [0.25, 0.3) is 0 Å². The topological polar surface area (TPSA) is 61.5 Å². The maximum atomic E-state index is 13.2. The Labute approximate surface area is 145 Å². The highest BCUT2D eigenvalue weighted by Gasteiger charge is 2.42. The van der Waals surface area contributed by atoms with E-state index in [1.165, 1.54) is 12.1 Å². The molecule has 7 heteroatoms. The lowest BCUT2D eigenvalue weighted by Crippen LogP contribution is -2.58. The monoisotopic (exact) mass is 344 g/mol. The van der Waals surface area contributed by atoms with Gasteiger partial charge in [-0.1, -0.05) is 0 Å². The SMILES string of the molecule is O=C1COC2(CCN(Cc3cnc[nH]3)CC2)CN1c1ccc(F)cc1. The van der Waals surface area contributed by atoms with Gasteiger partial charge in [-0.15, -0.1) is 0 Å². The molecule has 2 aliphatic heterocycles. The highest BCUT2D eigenvalue weighted by molar-refractivity contribution is 5.95. The van der Waals surface area contributed by atoms with Crippen LogP contribution in [0.15, 0.2) is 36.8 Å². The van der Waals surface area contributed by atoms with E-state index in [1.54, 1.807) is 23.4 Å². The number of aromatic nitrogens is 2. The third-order valence-electron chi connectivity index (χ3n) is 5.10. The maximum absolute atomic E-state index is 13.2. The highest BCUT2D eigenvalue weighted by Crippen LogP contribution is 2.33. The van der Waals surface area contributed by atoms with Gasteiger partial charge in [0.25, 0.3) is 5.91 Å². The third kappa shape index (κ3) is 3.43. The van der Waals surface area contributed by atoms with Gasteiger partial charge in [-0.25, -0.2) is 9.37 Å². The summed E-state index contributed by atoms with van der Waals surface area (Å²) in [7, 11) is 0. The summed E-state index contributed by atoms with van der Waals surface area (Å²) in [6.45, 7) is 3.26. The van der Waals surface area contributed by atoms with Crippen molar-refractivity contribution in [3.05, 3.63) is 48.3 Å². The molecule has 1 N–H and O–H groups in total. The lowest BCUT2D eigenvalue weighted by atomic mass is 9.89. The van der Waals surface area contributed by atoms with Gasteiger partial charge in [0.05, 0.1) is 18.5 Å². The Morgan fingerprint density at radius 3 is 2.68 bits per heavy atom. The summed E-state index contributed by atoms with van der Waals surface area (Å²) in [6.07, 6.45) is 5.27. The first-order valence-electron chi connectivity index (χ1n) is 8.53. The van der Waals surface area contributed by atoms with Crippen LogP contribution in [0.5, 0.6) is 0 Å². The number of carbonyl (C=O) groups is 1. The molecule has 0 aliphatic carbocycles. The van der Waals surface area contributed by atoms with Gasteiger partial charge in [0.1, 0.15) is 12.4 Å². The summed E-state index contributed by atoms with van der Waals surface area (Å²) in [5, 5.41) is 0. The molecule has 0 saturated carbocycles. The number of aromatic amines is 1.